The van der Waals surface area contributed by atoms with E-state index < -0.39 is 0 Å². The molecule has 2 saturated heterocycles. The summed E-state index contributed by atoms with van der Waals surface area (Å²) >= 11 is 0. The van der Waals surface area contributed by atoms with Gasteiger partial charge in [0.25, 0.3) is 5.91 Å². The number of piperazine rings is 1. The van der Waals surface area contributed by atoms with Crippen molar-refractivity contribution in [2.24, 2.45) is 0 Å². The molecule has 1 atom stereocenters. The third kappa shape index (κ3) is 4.36. The molecule has 2 aromatic rings. The van der Waals surface area contributed by atoms with Crippen LogP contribution in [0.3, 0.4) is 0 Å². The molecule has 0 aliphatic carbocycles. The predicted octanol–water partition coefficient (Wildman–Crippen LogP) is 3.95. The number of carbonyl (C=O) groups is 1. The summed E-state index contributed by atoms with van der Waals surface area (Å²) in [5.41, 5.74) is 2.62. The van der Waals surface area contributed by atoms with Gasteiger partial charge < -0.3 is 14.7 Å². The fourth-order valence-electron chi connectivity index (χ4n) is 4.43. The number of carbonyl (C=O) groups excluding carboxylic acids is 1. The Balaban J connectivity index is 1.37. The van der Waals surface area contributed by atoms with Crippen molar-refractivity contribution in [3.8, 4) is 0 Å². The lowest BCUT2D eigenvalue weighted by molar-refractivity contribution is 0.0741. The number of aromatic nitrogens is 1. The fourth-order valence-corrected chi connectivity index (χ4v) is 4.43. The molecule has 5 nitrogen and oxygen atoms in total. The van der Waals surface area contributed by atoms with Gasteiger partial charge in [0.1, 0.15) is 11.5 Å². The van der Waals surface area contributed by atoms with Gasteiger partial charge in [0.05, 0.1) is 11.9 Å². The number of piperidine rings is 1. The Kier molecular flexibility index (Phi) is 5.97. The van der Waals surface area contributed by atoms with Crippen molar-refractivity contribution in [3.63, 3.8) is 0 Å². The number of anilines is 2. The molecule has 6 heteroatoms. The maximum absolute atomic E-state index is 13.1. The maximum atomic E-state index is 13.1. The SMILES string of the molecule is CCC1CCCCN1c1ccc(C(=O)N2CCN(c3ccc(F)cc3)CC2)nc1. The molecule has 154 valence electrons. The van der Waals surface area contributed by atoms with Crippen molar-refractivity contribution >= 4 is 17.3 Å². The number of pyridine rings is 1. The molecular weight excluding hydrogens is 367 g/mol. The smallest absolute Gasteiger partial charge is 0.272 e. The van der Waals surface area contributed by atoms with Crippen LogP contribution < -0.4 is 9.80 Å². The second-order valence-electron chi connectivity index (χ2n) is 7.91. The number of hydrogen-bond donors (Lipinski definition) is 0. The van der Waals surface area contributed by atoms with Gasteiger partial charge in [-0.2, -0.15) is 0 Å². The Bertz CT molecular complexity index is 816. The Labute approximate surface area is 172 Å². The molecule has 1 amide bonds. The molecule has 0 spiro atoms. The predicted molar refractivity (Wildman–Crippen MR) is 114 cm³/mol. The van der Waals surface area contributed by atoms with Crippen LogP contribution in [0.2, 0.25) is 0 Å². The molecule has 2 aliphatic heterocycles. The summed E-state index contributed by atoms with van der Waals surface area (Å²) in [4.78, 5) is 23.9. The van der Waals surface area contributed by atoms with Gasteiger partial charge in [0, 0.05) is 44.5 Å². The van der Waals surface area contributed by atoms with E-state index in [9.17, 15) is 9.18 Å². The zero-order valence-corrected chi connectivity index (χ0v) is 17.1. The van der Waals surface area contributed by atoms with Crippen LogP contribution in [-0.2, 0) is 0 Å². The van der Waals surface area contributed by atoms with E-state index in [2.05, 4.69) is 21.7 Å². The van der Waals surface area contributed by atoms with E-state index in [1.54, 1.807) is 12.1 Å². The third-order valence-electron chi connectivity index (χ3n) is 6.16. The van der Waals surface area contributed by atoms with Crippen molar-refractivity contribution in [3.05, 3.63) is 54.1 Å². The molecule has 0 bridgehead atoms. The van der Waals surface area contributed by atoms with E-state index in [4.69, 9.17) is 0 Å². The first kappa shape index (κ1) is 19.7. The molecule has 4 rings (SSSR count). The quantitative estimate of drug-likeness (QED) is 0.785. The van der Waals surface area contributed by atoms with Gasteiger partial charge in [-0.15, -0.1) is 0 Å². The van der Waals surface area contributed by atoms with Crippen LogP contribution in [0, 0.1) is 5.82 Å². The van der Waals surface area contributed by atoms with Crippen LogP contribution >= 0.6 is 0 Å². The second-order valence-corrected chi connectivity index (χ2v) is 7.91. The Hall–Kier alpha value is -2.63. The number of benzene rings is 1. The first-order valence-corrected chi connectivity index (χ1v) is 10.7. The summed E-state index contributed by atoms with van der Waals surface area (Å²) in [5.74, 6) is -0.243. The van der Waals surface area contributed by atoms with Crippen LogP contribution in [0.15, 0.2) is 42.6 Å². The molecule has 2 fully saturated rings. The number of halogens is 1. The van der Waals surface area contributed by atoms with Crippen LogP contribution in [0.25, 0.3) is 0 Å². The summed E-state index contributed by atoms with van der Waals surface area (Å²) in [7, 11) is 0. The van der Waals surface area contributed by atoms with Gasteiger partial charge >= 0.3 is 0 Å². The van der Waals surface area contributed by atoms with Gasteiger partial charge in [-0.05, 0) is 62.1 Å². The number of amides is 1. The average Bonchev–Trinajstić information content (AvgIpc) is 2.79. The maximum Gasteiger partial charge on any atom is 0.272 e. The Morgan fingerprint density at radius 2 is 1.72 bits per heavy atom. The summed E-state index contributed by atoms with van der Waals surface area (Å²) in [6.45, 7) is 6.06. The lowest BCUT2D eigenvalue weighted by Gasteiger charge is -2.37. The first-order chi connectivity index (χ1) is 14.2. The number of hydrogen-bond acceptors (Lipinski definition) is 4. The van der Waals surface area contributed by atoms with E-state index in [0.29, 0.717) is 24.8 Å². The van der Waals surface area contributed by atoms with Crippen molar-refractivity contribution in [2.45, 2.75) is 38.6 Å². The highest BCUT2D eigenvalue weighted by Crippen LogP contribution is 2.26. The topological polar surface area (TPSA) is 39.7 Å². The number of rotatable bonds is 4. The van der Waals surface area contributed by atoms with Crippen molar-refractivity contribution < 1.29 is 9.18 Å². The summed E-state index contributed by atoms with van der Waals surface area (Å²) in [5, 5.41) is 0. The Morgan fingerprint density at radius 3 is 2.38 bits per heavy atom. The molecule has 0 radical (unpaired) electrons. The summed E-state index contributed by atoms with van der Waals surface area (Å²) in [6.07, 6.45) is 6.74. The van der Waals surface area contributed by atoms with Crippen molar-refractivity contribution in [1.29, 1.82) is 0 Å². The lowest BCUT2D eigenvalue weighted by atomic mass is 9.99. The average molecular weight is 397 g/mol. The standard InChI is InChI=1S/C23H29FN4O/c1-2-19-5-3-4-12-28(19)21-10-11-22(25-17-21)23(29)27-15-13-26(14-16-27)20-8-6-18(24)7-9-20/h6-11,17,19H,2-5,12-16H2,1H3. The van der Waals surface area contributed by atoms with Gasteiger partial charge in [-0.3, -0.25) is 4.79 Å². The van der Waals surface area contributed by atoms with E-state index in [1.807, 2.05) is 23.2 Å². The van der Waals surface area contributed by atoms with Crippen LogP contribution in [0.4, 0.5) is 15.8 Å². The van der Waals surface area contributed by atoms with E-state index in [-0.39, 0.29) is 11.7 Å². The third-order valence-corrected chi connectivity index (χ3v) is 6.16. The molecule has 1 aromatic carbocycles. The van der Waals surface area contributed by atoms with E-state index >= 15 is 0 Å². The number of nitrogens with zero attached hydrogens (tertiary/aromatic N) is 4. The normalized spacial score (nSPS) is 20.1. The highest BCUT2D eigenvalue weighted by molar-refractivity contribution is 5.92. The highest BCUT2D eigenvalue weighted by atomic mass is 19.1. The highest BCUT2D eigenvalue weighted by Gasteiger charge is 2.25. The second kappa shape index (κ2) is 8.80. The van der Waals surface area contributed by atoms with E-state index in [0.717, 1.165) is 37.4 Å². The molecule has 3 heterocycles. The van der Waals surface area contributed by atoms with Crippen LogP contribution in [0.5, 0.6) is 0 Å². The summed E-state index contributed by atoms with van der Waals surface area (Å²) < 4.78 is 13.1. The van der Waals surface area contributed by atoms with Gasteiger partial charge in [-0.25, -0.2) is 9.37 Å². The molecule has 0 N–H and O–H groups in total. The Morgan fingerprint density at radius 1 is 1.00 bits per heavy atom. The van der Waals surface area contributed by atoms with Crippen LogP contribution in [0.1, 0.15) is 43.1 Å². The largest absolute Gasteiger partial charge is 0.368 e. The fraction of sp³-hybridized carbons (Fsp3) is 0.478. The zero-order chi connectivity index (χ0) is 20.2. The summed E-state index contributed by atoms with van der Waals surface area (Å²) in [6, 6.07) is 11.0. The molecule has 1 unspecified atom stereocenters. The molecule has 29 heavy (non-hydrogen) atoms. The monoisotopic (exact) mass is 396 g/mol. The minimum absolute atomic E-state index is 0.0130. The van der Waals surface area contributed by atoms with Gasteiger partial charge in [-0.1, -0.05) is 6.92 Å². The van der Waals surface area contributed by atoms with E-state index in [1.165, 1.54) is 31.4 Å². The van der Waals surface area contributed by atoms with Gasteiger partial charge in [0.15, 0.2) is 0 Å². The zero-order valence-electron chi connectivity index (χ0n) is 17.1. The van der Waals surface area contributed by atoms with Crippen LogP contribution in [-0.4, -0.2) is 54.6 Å². The van der Waals surface area contributed by atoms with Gasteiger partial charge in [0.2, 0.25) is 0 Å². The molecule has 0 saturated carbocycles. The lowest BCUT2D eigenvalue weighted by Crippen LogP contribution is -2.49. The van der Waals surface area contributed by atoms with Crippen molar-refractivity contribution in [2.75, 3.05) is 42.5 Å². The molecular formula is C23H29FN4O. The molecule has 1 aromatic heterocycles. The first-order valence-electron chi connectivity index (χ1n) is 10.7. The minimum atomic E-state index is -0.230. The minimum Gasteiger partial charge on any atom is -0.368 e. The van der Waals surface area contributed by atoms with Crippen molar-refractivity contribution in [1.82, 2.24) is 9.88 Å². The molecule has 2 aliphatic rings.